The highest BCUT2D eigenvalue weighted by Gasteiger charge is 2.60. The van der Waals surface area contributed by atoms with Crippen LogP contribution in [0.2, 0.25) is 0 Å². The number of hydrogen-bond donors (Lipinski definition) is 4. The SMILES string of the molecule is CNC[C@H]1CCN(C(=O)[C@@H]2C[C@H](SC3=C(C(=O)O)N4C(=O)[C@H]([C@@H](C)O)[C@H]4[C@H]3C)CN2)C1.Cl. The molecule has 0 aromatic carbocycles. The van der Waals surface area contributed by atoms with Gasteiger partial charge in [-0.1, -0.05) is 6.92 Å². The van der Waals surface area contributed by atoms with Crippen LogP contribution < -0.4 is 10.6 Å². The van der Waals surface area contributed by atoms with E-state index < -0.39 is 18.0 Å². The first-order valence-corrected chi connectivity index (χ1v) is 11.9. The Kier molecular flexibility index (Phi) is 7.81. The first kappa shape index (κ1) is 25.3. The molecule has 9 nitrogen and oxygen atoms in total. The number of carbonyl (C=O) groups is 3. The van der Waals surface area contributed by atoms with Crippen LogP contribution in [0.25, 0.3) is 0 Å². The predicted octanol–water partition coefficient (Wildman–Crippen LogP) is 0.0935. The van der Waals surface area contributed by atoms with Gasteiger partial charge in [-0.25, -0.2) is 4.79 Å². The number of hydrogen-bond acceptors (Lipinski definition) is 7. The first-order chi connectivity index (χ1) is 14.7. The van der Waals surface area contributed by atoms with Crippen molar-refractivity contribution in [1.29, 1.82) is 0 Å². The summed E-state index contributed by atoms with van der Waals surface area (Å²) in [6, 6.07) is -0.554. The highest BCUT2D eigenvalue weighted by molar-refractivity contribution is 8.03. The van der Waals surface area contributed by atoms with Gasteiger partial charge in [0.05, 0.1) is 24.1 Å². The molecule has 3 fully saturated rings. The number of likely N-dealkylation sites (tertiary alicyclic amines) is 1. The van der Waals surface area contributed by atoms with Crippen molar-refractivity contribution in [3.05, 3.63) is 10.6 Å². The van der Waals surface area contributed by atoms with E-state index in [1.54, 1.807) is 6.92 Å². The fraction of sp³-hybridized carbons (Fsp3) is 0.762. The Bertz CT molecular complexity index is 809. The van der Waals surface area contributed by atoms with Crippen LogP contribution in [0.5, 0.6) is 0 Å². The number of rotatable bonds is 7. The average Bonchev–Trinajstić information content (AvgIpc) is 3.41. The summed E-state index contributed by atoms with van der Waals surface area (Å²) in [5.74, 6) is -1.51. The number of fused-ring (bicyclic) bond motifs is 1. The largest absolute Gasteiger partial charge is 0.477 e. The van der Waals surface area contributed by atoms with Gasteiger partial charge in [-0.2, -0.15) is 0 Å². The van der Waals surface area contributed by atoms with E-state index in [0.29, 0.717) is 23.8 Å². The van der Waals surface area contributed by atoms with Crippen molar-refractivity contribution in [2.45, 2.75) is 50.1 Å². The Morgan fingerprint density at radius 2 is 2.09 bits per heavy atom. The molecule has 0 unspecified atom stereocenters. The number of carbonyl (C=O) groups excluding carboxylic acids is 2. The second kappa shape index (κ2) is 9.89. The van der Waals surface area contributed by atoms with Gasteiger partial charge in [-0.15, -0.1) is 24.2 Å². The number of aliphatic hydroxyl groups excluding tert-OH is 1. The van der Waals surface area contributed by atoms with Gasteiger partial charge in [0.25, 0.3) is 0 Å². The van der Waals surface area contributed by atoms with Crippen molar-refractivity contribution in [2.75, 3.05) is 33.2 Å². The van der Waals surface area contributed by atoms with E-state index in [4.69, 9.17) is 0 Å². The van der Waals surface area contributed by atoms with Crippen molar-refractivity contribution in [1.82, 2.24) is 20.4 Å². The number of halogens is 1. The standard InChI is InChI=1S/C21H32N4O5S.ClH/c1-10-16-15(11(2)26)20(28)25(16)17(21(29)30)18(10)31-13-6-14(23-8-13)19(27)24-5-4-12(9-24)7-22-3;/h10-16,22-23,26H,4-9H2,1-3H3,(H,29,30);1H/t10-,11-,12-,13+,14+,15-,16-;/m1./s1. The molecule has 4 aliphatic heterocycles. The second-order valence-corrected chi connectivity index (χ2v) is 10.5. The third-order valence-corrected chi connectivity index (χ3v) is 8.60. The maximum Gasteiger partial charge on any atom is 0.353 e. The number of amides is 2. The first-order valence-electron chi connectivity index (χ1n) is 11.1. The van der Waals surface area contributed by atoms with Crippen LogP contribution >= 0.6 is 24.2 Å². The van der Waals surface area contributed by atoms with Crippen LogP contribution in [-0.2, 0) is 14.4 Å². The molecule has 0 aliphatic carbocycles. The molecule has 7 atom stereocenters. The van der Waals surface area contributed by atoms with Crippen molar-refractivity contribution < 1.29 is 24.6 Å². The van der Waals surface area contributed by atoms with Crippen molar-refractivity contribution in [3.63, 3.8) is 0 Å². The quantitative estimate of drug-likeness (QED) is 0.372. The molecule has 4 N–H and O–H groups in total. The summed E-state index contributed by atoms with van der Waals surface area (Å²) in [6.45, 7) is 6.60. The summed E-state index contributed by atoms with van der Waals surface area (Å²) in [4.78, 5) is 41.4. The number of aliphatic carboxylic acids is 1. The topological polar surface area (TPSA) is 122 Å². The molecule has 0 bridgehead atoms. The second-order valence-electron chi connectivity index (χ2n) is 9.20. The predicted molar refractivity (Wildman–Crippen MR) is 123 cm³/mol. The van der Waals surface area contributed by atoms with Crippen LogP contribution in [0.4, 0.5) is 0 Å². The molecular formula is C21H33ClN4O5S. The number of carboxylic acid groups (broad SMARTS) is 1. The summed E-state index contributed by atoms with van der Waals surface area (Å²) in [7, 11) is 1.93. The number of thioether (sulfide) groups is 1. The van der Waals surface area contributed by atoms with E-state index in [0.717, 1.165) is 26.1 Å². The lowest BCUT2D eigenvalue weighted by molar-refractivity contribution is -0.163. The van der Waals surface area contributed by atoms with Crippen molar-refractivity contribution in [2.24, 2.45) is 17.8 Å². The zero-order chi connectivity index (χ0) is 22.4. The Morgan fingerprint density at radius 1 is 1.38 bits per heavy atom. The lowest BCUT2D eigenvalue weighted by Gasteiger charge is -2.46. The summed E-state index contributed by atoms with van der Waals surface area (Å²) >= 11 is 1.48. The fourth-order valence-electron chi connectivity index (χ4n) is 5.55. The Balaban J connectivity index is 0.00000289. The van der Waals surface area contributed by atoms with Gasteiger partial charge in [-0.05, 0) is 39.3 Å². The molecule has 0 aromatic heterocycles. The molecule has 4 aliphatic rings. The van der Waals surface area contributed by atoms with Crippen LogP contribution in [-0.4, -0.2) is 94.5 Å². The molecule has 180 valence electrons. The monoisotopic (exact) mass is 488 g/mol. The molecule has 0 aromatic rings. The van der Waals surface area contributed by atoms with E-state index in [-0.39, 0.29) is 53.2 Å². The normalized spacial score (nSPS) is 34.9. The molecule has 2 amide bonds. The molecule has 11 heteroatoms. The molecular weight excluding hydrogens is 456 g/mol. The molecule has 0 saturated carbocycles. The van der Waals surface area contributed by atoms with E-state index in [2.05, 4.69) is 10.6 Å². The minimum absolute atomic E-state index is 0. The third-order valence-electron chi connectivity index (χ3n) is 7.08. The summed E-state index contributed by atoms with van der Waals surface area (Å²) < 4.78 is 0. The fourth-order valence-corrected chi connectivity index (χ4v) is 7.03. The maximum atomic E-state index is 12.9. The highest BCUT2D eigenvalue weighted by Crippen LogP contribution is 2.51. The summed E-state index contributed by atoms with van der Waals surface area (Å²) in [5, 5.41) is 26.3. The summed E-state index contributed by atoms with van der Waals surface area (Å²) in [6.07, 6.45) is 0.843. The van der Waals surface area contributed by atoms with Crippen LogP contribution in [0, 0.1) is 17.8 Å². The zero-order valence-electron chi connectivity index (χ0n) is 18.6. The van der Waals surface area contributed by atoms with E-state index >= 15 is 0 Å². The molecule has 4 heterocycles. The summed E-state index contributed by atoms with van der Waals surface area (Å²) in [5.41, 5.74) is 0.0497. The lowest BCUT2D eigenvalue weighted by atomic mass is 9.79. The minimum Gasteiger partial charge on any atom is -0.477 e. The van der Waals surface area contributed by atoms with Gasteiger partial charge < -0.3 is 30.6 Å². The van der Waals surface area contributed by atoms with Gasteiger partial charge in [0.2, 0.25) is 11.8 Å². The smallest absolute Gasteiger partial charge is 0.353 e. The average molecular weight is 489 g/mol. The third kappa shape index (κ3) is 4.27. The zero-order valence-corrected chi connectivity index (χ0v) is 20.2. The number of β-lactam (4-membered cyclic amide) rings is 1. The number of nitrogens with zero attached hydrogens (tertiary/aromatic N) is 2. The van der Waals surface area contributed by atoms with Gasteiger partial charge in [0, 0.05) is 35.7 Å². The van der Waals surface area contributed by atoms with Gasteiger partial charge >= 0.3 is 5.97 Å². The highest BCUT2D eigenvalue weighted by atomic mass is 35.5. The van der Waals surface area contributed by atoms with Gasteiger partial charge in [0.1, 0.15) is 5.70 Å². The molecule has 0 radical (unpaired) electrons. The Morgan fingerprint density at radius 3 is 2.72 bits per heavy atom. The van der Waals surface area contributed by atoms with E-state index in [1.807, 2.05) is 18.9 Å². The minimum atomic E-state index is -1.11. The van der Waals surface area contributed by atoms with Crippen molar-refractivity contribution >= 4 is 42.0 Å². The van der Waals surface area contributed by atoms with Crippen LogP contribution in [0.3, 0.4) is 0 Å². The Labute approximate surface area is 198 Å². The van der Waals surface area contributed by atoms with Gasteiger partial charge in [-0.3, -0.25) is 9.59 Å². The van der Waals surface area contributed by atoms with Crippen LogP contribution in [0.1, 0.15) is 26.7 Å². The van der Waals surface area contributed by atoms with E-state index in [1.165, 1.54) is 16.7 Å². The maximum absolute atomic E-state index is 12.9. The molecule has 4 rings (SSSR count). The molecule has 0 spiro atoms. The van der Waals surface area contributed by atoms with Crippen LogP contribution in [0.15, 0.2) is 10.6 Å². The Hall–Kier alpha value is -1.33. The number of carboxylic acids is 1. The number of aliphatic hydroxyl groups is 1. The van der Waals surface area contributed by atoms with Crippen molar-refractivity contribution in [3.8, 4) is 0 Å². The van der Waals surface area contributed by atoms with E-state index in [9.17, 15) is 24.6 Å². The lowest BCUT2D eigenvalue weighted by Crippen LogP contribution is -2.63. The molecule has 3 saturated heterocycles. The van der Waals surface area contributed by atoms with Gasteiger partial charge in [0.15, 0.2) is 0 Å². The number of nitrogens with one attached hydrogen (secondary N) is 2. The molecule has 32 heavy (non-hydrogen) atoms.